The molecule has 1 saturated heterocycles. The highest BCUT2D eigenvalue weighted by molar-refractivity contribution is 5.95. The lowest BCUT2D eigenvalue weighted by Crippen LogP contribution is -2.44. The summed E-state index contributed by atoms with van der Waals surface area (Å²) < 4.78 is 0. The van der Waals surface area contributed by atoms with Gasteiger partial charge in [-0.1, -0.05) is 36.4 Å². The number of likely N-dealkylation sites (tertiary alicyclic amines) is 1. The van der Waals surface area contributed by atoms with E-state index in [-0.39, 0.29) is 17.9 Å². The van der Waals surface area contributed by atoms with Crippen LogP contribution < -0.4 is 21.3 Å². The smallest absolute Gasteiger partial charge is 0.267 e. The van der Waals surface area contributed by atoms with Crippen LogP contribution in [0, 0.1) is 0 Å². The first kappa shape index (κ1) is 29.8. The third kappa shape index (κ3) is 6.87. The Morgan fingerprint density at radius 3 is 2.43 bits per heavy atom. The molecule has 12 heteroatoms. The van der Waals surface area contributed by atoms with E-state index in [0.717, 1.165) is 71.2 Å². The molecule has 0 unspecified atom stereocenters. The predicted molar refractivity (Wildman–Crippen MR) is 182 cm³/mol. The van der Waals surface area contributed by atoms with Crippen molar-refractivity contribution in [3.05, 3.63) is 108 Å². The van der Waals surface area contributed by atoms with Gasteiger partial charge in [-0.2, -0.15) is 0 Å². The number of aromatic nitrogens is 5. The number of hydrogen-bond donors (Lipinski definition) is 5. The van der Waals surface area contributed by atoms with Gasteiger partial charge in [0, 0.05) is 73.3 Å². The summed E-state index contributed by atoms with van der Waals surface area (Å²) in [6.45, 7) is 2.49. The Morgan fingerprint density at radius 1 is 0.830 bits per heavy atom. The molecule has 1 fully saturated rings. The van der Waals surface area contributed by atoms with Gasteiger partial charge in [0.05, 0.1) is 16.7 Å². The fourth-order valence-electron chi connectivity index (χ4n) is 5.82. The van der Waals surface area contributed by atoms with Crippen molar-refractivity contribution in [1.82, 2.24) is 40.5 Å². The SMILES string of the molecule is CNC(=O)c1cccc(Nc2ncc3c(CN4CCC(NC(=O)c5cc(Nc6ncc7ccccc7n6)c[nH]5)CC4)cccc3n2)c1. The minimum absolute atomic E-state index is 0.0914. The molecule has 0 spiro atoms. The number of H-pyrrole nitrogens is 1. The van der Waals surface area contributed by atoms with E-state index in [2.05, 4.69) is 52.2 Å². The van der Waals surface area contributed by atoms with Crippen molar-refractivity contribution in [1.29, 1.82) is 0 Å². The first-order valence-electron chi connectivity index (χ1n) is 15.5. The van der Waals surface area contributed by atoms with E-state index in [1.165, 1.54) is 0 Å². The van der Waals surface area contributed by atoms with Crippen LogP contribution in [0.15, 0.2) is 91.4 Å². The van der Waals surface area contributed by atoms with E-state index in [1.54, 1.807) is 37.6 Å². The molecule has 1 aliphatic rings. The third-order valence-corrected chi connectivity index (χ3v) is 8.31. The molecule has 3 aromatic heterocycles. The fourth-order valence-corrected chi connectivity index (χ4v) is 5.82. The maximum absolute atomic E-state index is 13.0. The Labute approximate surface area is 271 Å². The summed E-state index contributed by atoms with van der Waals surface area (Å²) in [7, 11) is 1.61. The highest BCUT2D eigenvalue weighted by atomic mass is 16.2. The van der Waals surface area contributed by atoms with Crippen molar-refractivity contribution in [3.8, 4) is 0 Å². The van der Waals surface area contributed by atoms with Gasteiger partial charge in [-0.05, 0) is 54.8 Å². The molecule has 0 bridgehead atoms. The van der Waals surface area contributed by atoms with E-state index < -0.39 is 0 Å². The number of amides is 2. The van der Waals surface area contributed by atoms with E-state index in [9.17, 15) is 9.59 Å². The zero-order valence-corrected chi connectivity index (χ0v) is 25.8. The van der Waals surface area contributed by atoms with E-state index in [0.29, 0.717) is 23.2 Å². The molecule has 1 aliphatic heterocycles. The van der Waals surface area contributed by atoms with Crippen LogP contribution >= 0.6 is 0 Å². The molecule has 0 radical (unpaired) electrons. The van der Waals surface area contributed by atoms with Gasteiger partial charge in [-0.25, -0.2) is 19.9 Å². The quantitative estimate of drug-likeness (QED) is 0.147. The fraction of sp³-hybridized carbons (Fsp3) is 0.200. The van der Waals surface area contributed by atoms with Crippen molar-refractivity contribution in [2.24, 2.45) is 0 Å². The number of piperidine rings is 1. The van der Waals surface area contributed by atoms with Crippen molar-refractivity contribution in [2.75, 3.05) is 30.8 Å². The highest BCUT2D eigenvalue weighted by Gasteiger charge is 2.22. The van der Waals surface area contributed by atoms with Gasteiger partial charge < -0.3 is 26.3 Å². The van der Waals surface area contributed by atoms with Gasteiger partial charge in [0.25, 0.3) is 11.8 Å². The zero-order valence-electron chi connectivity index (χ0n) is 25.8. The number of aromatic amines is 1. The average molecular weight is 627 g/mol. The lowest BCUT2D eigenvalue weighted by atomic mass is 10.0. The molecule has 12 nitrogen and oxygen atoms in total. The number of nitrogens with one attached hydrogen (secondary N) is 5. The van der Waals surface area contributed by atoms with E-state index >= 15 is 0 Å². The van der Waals surface area contributed by atoms with Gasteiger partial charge >= 0.3 is 0 Å². The van der Waals surface area contributed by atoms with Gasteiger partial charge in [0.1, 0.15) is 5.69 Å². The predicted octanol–water partition coefficient (Wildman–Crippen LogP) is 5.14. The molecule has 2 amide bonds. The Morgan fingerprint density at radius 2 is 1.57 bits per heavy atom. The Balaban J connectivity index is 0.925. The molecular weight excluding hydrogens is 592 g/mol. The summed E-state index contributed by atoms with van der Waals surface area (Å²) in [4.78, 5) is 48.7. The second-order valence-electron chi connectivity index (χ2n) is 11.5. The molecule has 0 atom stereocenters. The van der Waals surface area contributed by atoms with Crippen LogP contribution in [0.25, 0.3) is 21.8 Å². The maximum atomic E-state index is 13.0. The molecule has 7 rings (SSSR count). The molecular formula is C35H34N10O2. The zero-order chi connectivity index (χ0) is 32.2. The van der Waals surface area contributed by atoms with Gasteiger partial charge in [0.2, 0.25) is 11.9 Å². The number of hydrogen-bond acceptors (Lipinski definition) is 9. The number of anilines is 4. The molecule has 47 heavy (non-hydrogen) atoms. The maximum Gasteiger partial charge on any atom is 0.267 e. The number of nitrogens with zero attached hydrogens (tertiary/aromatic N) is 5. The summed E-state index contributed by atoms with van der Waals surface area (Å²) in [5.74, 6) is 0.654. The summed E-state index contributed by atoms with van der Waals surface area (Å²) >= 11 is 0. The van der Waals surface area contributed by atoms with Crippen LogP contribution in [-0.2, 0) is 6.54 Å². The van der Waals surface area contributed by atoms with Crippen LogP contribution in [0.3, 0.4) is 0 Å². The van der Waals surface area contributed by atoms with Crippen molar-refractivity contribution in [3.63, 3.8) is 0 Å². The van der Waals surface area contributed by atoms with Gasteiger partial charge in [-0.3, -0.25) is 14.5 Å². The monoisotopic (exact) mass is 626 g/mol. The number of carbonyl (C=O) groups excluding carboxylic acids is 2. The van der Waals surface area contributed by atoms with Crippen molar-refractivity contribution < 1.29 is 9.59 Å². The van der Waals surface area contributed by atoms with Gasteiger partial charge in [0.15, 0.2) is 0 Å². The lowest BCUT2D eigenvalue weighted by Gasteiger charge is -2.32. The summed E-state index contributed by atoms with van der Waals surface area (Å²) in [5, 5.41) is 14.2. The van der Waals surface area contributed by atoms with Crippen LogP contribution in [-0.4, -0.2) is 67.8 Å². The third-order valence-electron chi connectivity index (χ3n) is 8.31. The van der Waals surface area contributed by atoms with Crippen LogP contribution in [0.5, 0.6) is 0 Å². The molecule has 3 aromatic carbocycles. The number of rotatable bonds is 9. The van der Waals surface area contributed by atoms with Crippen LogP contribution in [0.1, 0.15) is 39.3 Å². The summed E-state index contributed by atoms with van der Waals surface area (Å²) in [6, 6.07) is 23.0. The van der Waals surface area contributed by atoms with Crippen molar-refractivity contribution >= 4 is 56.9 Å². The van der Waals surface area contributed by atoms with Crippen LogP contribution in [0.2, 0.25) is 0 Å². The molecule has 4 heterocycles. The molecule has 236 valence electrons. The normalized spacial score (nSPS) is 13.8. The second-order valence-corrected chi connectivity index (χ2v) is 11.5. The molecule has 6 aromatic rings. The molecule has 5 N–H and O–H groups in total. The summed E-state index contributed by atoms with van der Waals surface area (Å²) in [6.07, 6.45) is 7.08. The average Bonchev–Trinajstić information content (AvgIpc) is 3.57. The number of benzene rings is 3. The van der Waals surface area contributed by atoms with E-state index in [4.69, 9.17) is 4.98 Å². The Kier molecular flexibility index (Phi) is 8.39. The van der Waals surface area contributed by atoms with Gasteiger partial charge in [-0.15, -0.1) is 0 Å². The minimum Gasteiger partial charge on any atom is -0.355 e. The molecule has 0 aliphatic carbocycles. The van der Waals surface area contributed by atoms with Crippen LogP contribution in [0.4, 0.5) is 23.3 Å². The lowest BCUT2D eigenvalue weighted by molar-refractivity contribution is 0.0903. The Hall–Kier alpha value is -5.88. The molecule has 0 saturated carbocycles. The first-order chi connectivity index (χ1) is 23.0. The second kappa shape index (κ2) is 13.2. The topological polar surface area (TPSA) is 153 Å². The minimum atomic E-state index is -0.152. The summed E-state index contributed by atoms with van der Waals surface area (Å²) in [5.41, 5.74) is 5.35. The highest BCUT2D eigenvalue weighted by Crippen LogP contribution is 2.24. The van der Waals surface area contributed by atoms with E-state index in [1.807, 2.05) is 54.7 Å². The number of carbonyl (C=O) groups is 2. The van der Waals surface area contributed by atoms with Crippen molar-refractivity contribution in [2.45, 2.75) is 25.4 Å². The standard InChI is InChI=1S/C35H34N10O2/c1-36-32(46)22-7-4-9-26(16-22)41-35-39-20-28-24(8-5-11-30(28)44-35)21-45-14-12-25(13-15-45)40-33(47)31-17-27(19-37-31)42-34-38-18-23-6-2-3-10-29(23)43-34/h2-11,16-20,25,37H,12-15,21H2,1H3,(H,36,46)(H,40,47)(H,38,42,43)(H,39,41,44). The first-order valence-corrected chi connectivity index (χ1v) is 15.5. The number of para-hydroxylation sites is 1. The Bertz CT molecular complexity index is 2070. The largest absolute Gasteiger partial charge is 0.355 e. The number of fused-ring (bicyclic) bond motifs is 2.